The van der Waals surface area contributed by atoms with E-state index < -0.39 is 0 Å². The molecule has 102 valence electrons. The summed E-state index contributed by atoms with van der Waals surface area (Å²) in [4.78, 5) is 17.1. The molecule has 2 heterocycles. The number of nitrogens with zero attached hydrogens (tertiary/aromatic N) is 2. The van der Waals surface area contributed by atoms with Gasteiger partial charge in [0.05, 0.1) is 5.56 Å². The second kappa shape index (κ2) is 6.17. The van der Waals surface area contributed by atoms with Gasteiger partial charge in [0.2, 0.25) is 0 Å². The first-order valence-electron chi connectivity index (χ1n) is 6.60. The molecule has 0 atom stereocenters. The van der Waals surface area contributed by atoms with Gasteiger partial charge in [-0.1, -0.05) is 19.6 Å². The van der Waals surface area contributed by atoms with Gasteiger partial charge < -0.3 is 4.90 Å². The molecule has 2 rings (SSSR count). The van der Waals surface area contributed by atoms with Gasteiger partial charge in [0.25, 0.3) is 0 Å². The third-order valence-electron chi connectivity index (χ3n) is 3.46. The number of likely N-dealkylation sites (N-methyl/N-ethyl adjacent to an activating group) is 1. The number of rotatable bonds is 5. The molecule has 1 aromatic rings. The number of allylic oxidation sites excluding steroid dienone is 1. The van der Waals surface area contributed by atoms with Crippen molar-refractivity contribution in [1.82, 2.24) is 4.90 Å². The minimum absolute atomic E-state index is 0.841. The van der Waals surface area contributed by atoms with Crippen LogP contribution in [-0.2, 0) is 13.0 Å². The fourth-order valence-electron chi connectivity index (χ4n) is 2.42. The summed E-state index contributed by atoms with van der Waals surface area (Å²) in [6.07, 6.45) is 7.60. The summed E-state index contributed by atoms with van der Waals surface area (Å²) in [5, 5.41) is 0.992. The highest BCUT2D eigenvalue weighted by atomic mass is 32.1. The van der Waals surface area contributed by atoms with E-state index in [4.69, 9.17) is 0 Å². The van der Waals surface area contributed by atoms with Gasteiger partial charge in [-0.15, -0.1) is 11.3 Å². The van der Waals surface area contributed by atoms with Gasteiger partial charge in [-0.3, -0.25) is 9.69 Å². The Labute approximate surface area is 118 Å². The zero-order valence-corrected chi connectivity index (χ0v) is 12.4. The Kier molecular flexibility index (Phi) is 4.56. The Bertz CT molecular complexity index is 504. The molecule has 1 aliphatic rings. The fourth-order valence-corrected chi connectivity index (χ4v) is 3.76. The van der Waals surface area contributed by atoms with E-state index in [9.17, 15) is 4.79 Å². The minimum atomic E-state index is 0.841. The third-order valence-corrected chi connectivity index (χ3v) is 4.71. The van der Waals surface area contributed by atoms with Crippen LogP contribution in [0.1, 0.15) is 34.6 Å². The summed E-state index contributed by atoms with van der Waals surface area (Å²) in [5.41, 5.74) is 2.07. The number of carbonyl (C=O) groups is 1. The Hall–Kier alpha value is -1.39. The summed E-state index contributed by atoms with van der Waals surface area (Å²) < 4.78 is 0. The van der Waals surface area contributed by atoms with E-state index in [0.29, 0.717) is 0 Å². The number of thiophene rings is 1. The Morgan fingerprint density at radius 1 is 1.53 bits per heavy atom. The molecule has 19 heavy (non-hydrogen) atoms. The Balaban J connectivity index is 2.43. The lowest BCUT2D eigenvalue weighted by Crippen LogP contribution is -2.29. The zero-order valence-electron chi connectivity index (χ0n) is 11.6. The zero-order chi connectivity index (χ0) is 13.8. The second-order valence-electron chi connectivity index (χ2n) is 4.53. The van der Waals surface area contributed by atoms with Crippen LogP contribution < -0.4 is 4.90 Å². The summed E-state index contributed by atoms with van der Waals surface area (Å²) in [6, 6.07) is 0. The average Bonchev–Trinajstić information content (AvgIpc) is 2.81. The number of carbonyl (C=O) groups excluding carboxylic acids is 1. The molecule has 0 aliphatic carbocycles. The second-order valence-corrected chi connectivity index (χ2v) is 5.62. The smallest absolute Gasteiger partial charge is 0.153 e. The van der Waals surface area contributed by atoms with E-state index >= 15 is 0 Å². The van der Waals surface area contributed by atoms with Crippen LogP contribution in [-0.4, -0.2) is 24.3 Å². The molecule has 0 saturated heterocycles. The molecular formula is C15H20N2OS. The van der Waals surface area contributed by atoms with Crippen molar-refractivity contribution >= 4 is 22.6 Å². The number of hydrogen-bond acceptors (Lipinski definition) is 4. The molecule has 0 N–H and O–H groups in total. The van der Waals surface area contributed by atoms with Crippen molar-refractivity contribution in [3.05, 3.63) is 41.1 Å². The first kappa shape index (κ1) is 14.0. The molecule has 0 aromatic carbocycles. The highest BCUT2D eigenvalue weighted by Gasteiger charge is 2.24. The molecule has 1 aliphatic heterocycles. The standard InChI is InChI=1S/C15H20N2OS/c1-4-8-17(6-3)15-13(11-18)12-7-9-16(5-2)10-14(12)19-15/h4,6,8,11H,3,5,7,9-10H2,1-2H3. The van der Waals surface area contributed by atoms with E-state index in [-0.39, 0.29) is 0 Å². The molecule has 0 spiro atoms. The third kappa shape index (κ3) is 2.65. The first-order chi connectivity index (χ1) is 9.24. The van der Waals surface area contributed by atoms with Crippen LogP contribution in [0.3, 0.4) is 0 Å². The minimum Gasteiger partial charge on any atom is -0.316 e. The van der Waals surface area contributed by atoms with Gasteiger partial charge in [-0.05, 0) is 25.5 Å². The van der Waals surface area contributed by atoms with E-state index in [1.807, 2.05) is 24.1 Å². The molecule has 4 heteroatoms. The largest absolute Gasteiger partial charge is 0.316 e. The lowest BCUT2D eigenvalue weighted by molar-refractivity contribution is 0.112. The van der Waals surface area contributed by atoms with Crippen LogP contribution in [0.5, 0.6) is 0 Å². The number of anilines is 1. The van der Waals surface area contributed by atoms with Crippen molar-refractivity contribution < 1.29 is 4.79 Å². The Morgan fingerprint density at radius 3 is 2.89 bits per heavy atom. The van der Waals surface area contributed by atoms with E-state index in [2.05, 4.69) is 18.4 Å². The predicted octanol–water partition coefficient (Wildman–Crippen LogP) is 3.42. The molecule has 1 aromatic heterocycles. The molecule has 0 bridgehead atoms. The summed E-state index contributed by atoms with van der Waals surface area (Å²) in [5.74, 6) is 0. The first-order valence-corrected chi connectivity index (χ1v) is 7.42. The van der Waals surface area contributed by atoms with Crippen LogP contribution >= 0.6 is 11.3 Å². The molecule has 0 unspecified atom stereocenters. The summed E-state index contributed by atoms with van der Waals surface area (Å²) in [6.45, 7) is 11.0. The number of hydrogen-bond donors (Lipinski definition) is 0. The van der Waals surface area contributed by atoms with Gasteiger partial charge in [-0.25, -0.2) is 0 Å². The van der Waals surface area contributed by atoms with Gasteiger partial charge in [-0.2, -0.15) is 0 Å². The van der Waals surface area contributed by atoms with E-state index in [1.54, 1.807) is 17.5 Å². The van der Waals surface area contributed by atoms with Crippen molar-refractivity contribution in [3.8, 4) is 0 Å². The van der Waals surface area contributed by atoms with Crippen LogP contribution in [0, 0.1) is 0 Å². The van der Waals surface area contributed by atoms with Crippen molar-refractivity contribution in [1.29, 1.82) is 0 Å². The quantitative estimate of drug-likeness (QED) is 0.770. The van der Waals surface area contributed by atoms with Gasteiger partial charge in [0.15, 0.2) is 6.29 Å². The van der Waals surface area contributed by atoms with Crippen molar-refractivity contribution in [2.75, 3.05) is 18.0 Å². The van der Waals surface area contributed by atoms with Crippen molar-refractivity contribution in [2.45, 2.75) is 26.8 Å². The summed E-state index contributed by atoms with van der Waals surface area (Å²) >= 11 is 1.71. The molecule has 3 nitrogen and oxygen atoms in total. The van der Waals surface area contributed by atoms with Gasteiger partial charge in [0, 0.05) is 30.4 Å². The predicted molar refractivity (Wildman–Crippen MR) is 81.9 cm³/mol. The molecule has 0 saturated carbocycles. The molecule has 0 radical (unpaired) electrons. The topological polar surface area (TPSA) is 23.6 Å². The lowest BCUT2D eigenvalue weighted by Gasteiger charge is -2.25. The lowest BCUT2D eigenvalue weighted by atomic mass is 10.0. The maximum absolute atomic E-state index is 11.4. The van der Waals surface area contributed by atoms with Crippen LogP contribution in [0.25, 0.3) is 0 Å². The highest BCUT2D eigenvalue weighted by molar-refractivity contribution is 7.16. The molecular weight excluding hydrogens is 256 g/mol. The average molecular weight is 276 g/mol. The van der Waals surface area contributed by atoms with Crippen molar-refractivity contribution in [2.24, 2.45) is 0 Å². The molecule has 0 fully saturated rings. The van der Waals surface area contributed by atoms with Crippen LogP contribution in [0.2, 0.25) is 0 Å². The molecule has 0 amide bonds. The summed E-state index contributed by atoms with van der Waals surface area (Å²) in [7, 11) is 0. The maximum Gasteiger partial charge on any atom is 0.153 e. The van der Waals surface area contributed by atoms with Crippen LogP contribution in [0.15, 0.2) is 25.1 Å². The van der Waals surface area contributed by atoms with Gasteiger partial charge >= 0.3 is 0 Å². The van der Waals surface area contributed by atoms with Crippen molar-refractivity contribution in [3.63, 3.8) is 0 Å². The number of fused-ring (bicyclic) bond motifs is 1. The SMILES string of the molecule is C=CN(C=CC)c1sc2c(c1C=O)CCN(CC)C2. The van der Waals surface area contributed by atoms with Gasteiger partial charge in [0.1, 0.15) is 5.00 Å². The highest BCUT2D eigenvalue weighted by Crippen LogP contribution is 2.38. The maximum atomic E-state index is 11.4. The van der Waals surface area contributed by atoms with Crippen LogP contribution in [0.4, 0.5) is 5.00 Å². The Morgan fingerprint density at radius 2 is 2.32 bits per heavy atom. The van der Waals surface area contributed by atoms with E-state index in [0.717, 1.165) is 42.9 Å². The van der Waals surface area contributed by atoms with E-state index in [1.165, 1.54) is 10.4 Å². The fraction of sp³-hybridized carbons (Fsp3) is 0.400. The monoisotopic (exact) mass is 276 g/mol. The number of aldehydes is 1. The normalized spacial score (nSPS) is 15.5.